The molecule has 15 heteroatoms. The van der Waals surface area contributed by atoms with Gasteiger partial charge >= 0.3 is 18.6 Å². The van der Waals surface area contributed by atoms with Gasteiger partial charge in [-0.15, -0.1) is 13.2 Å². The van der Waals surface area contributed by atoms with Gasteiger partial charge in [-0.3, -0.25) is 4.79 Å². The number of nitrogens with zero attached hydrogens (tertiary/aromatic N) is 2. The first-order chi connectivity index (χ1) is 14.8. The Morgan fingerprint density at radius 1 is 1.22 bits per heavy atom. The predicted molar refractivity (Wildman–Crippen MR) is 95.5 cm³/mol. The van der Waals surface area contributed by atoms with Crippen LogP contribution in [0.3, 0.4) is 0 Å². The lowest BCUT2D eigenvalue weighted by Crippen LogP contribution is -2.44. The lowest BCUT2D eigenvalue weighted by Gasteiger charge is -2.22. The van der Waals surface area contributed by atoms with Crippen LogP contribution in [0.5, 0.6) is 5.75 Å². The van der Waals surface area contributed by atoms with Crippen LogP contribution in [0.2, 0.25) is 5.02 Å². The summed E-state index contributed by atoms with van der Waals surface area (Å²) in [5.41, 5.74) is -0.319. The first kappa shape index (κ1) is 23.4. The molecule has 0 spiro atoms. The lowest BCUT2D eigenvalue weighted by atomic mass is 10.0. The summed E-state index contributed by atoms with van der Waals surface area (Å²) in [6.07, 6.45) is -9.11. The maximum Gasteiger partial charge on any atom is 0.573 e. The minimum atomic E-state index is -5.03. The number of hydrogen-bond donors (Lipinski definition) is 3. The molecule has 1 fully saturated rings. The summed E-state index contributed by atoms with van der Waals surface area (Å²) in [6, 6.07) is 0.931. The number of ether oxygens (including phenoxy) is 1. The summed E-state index contributed by atoms with van der Waals surface area (Å²) < 4.78 is 80.3. The molecule has 0 aliphatic carbocycles. The number of amides is 3. The number of urea groups is 1. The normalized spacial score (nSPS) is 17.3. The number of carbonyl (C=O) groups excluding carboxylic acids is 2. The summed E-state index contributed by atoms with van der Waals surface area (Å²) in [4.78, 5) is 30.4. The van der Waals surface area contributed by atoms with Crippen molar-refractivity contribution in [1.82, 2.24) is 25.9 Å². The molecule has 1 aliphatic heterocycles. The van der Waals surface area contributed by atoms with E-state index in [-0.39, 0.29) is 17.8 Å². The maximum atomic E-state index is 13.0. The van der Waals surface area contributed by atoms with Gasteiger partial charge in [-0.05, 0) is 23.8 Å². The Kier molecular flexibility index (Phi) is 6.34. The molecular weight excluding hydrogens is 472 g/mol. The molecule has 2 heterocycles. The molecule has 32 heavy (non-hydrogen) atoms. The van der Waals surface area contributed by atoms with Crippen LogP contribution in [0.25, 0.3) is 0 Å². The molecule has 2 atom stereocenters. The van der Waals surface area contributed by atoms with Gasteiger partial charge in [0.05, 0.1) is 16.8 Å². The summed E-state index contributed by atoms with van der Waals surface area (Å²) in [5.74, 6) is -3.03. The molecule has 0 bridgehead atoms. The number of aromatic nitrogens is 2. The topological polar surface area (TPSA) is 105 Å². The standard InChI is InChI=1S/C17H12ClF6N5O3/c18-8-5-7(1-2-11(8)32-17(22,23)24)12(29-13(30)10-6-26-15(31)28-10)9-3-4-25-14(27-9)16(19,20)21/h1-5,10,12H,6H2,(H,29,30)(H2,26,28,31)/t10-,12-/m0/s1. The Morgan fingerprint density at radius 2 is 1.94 bits per heavy atom. The van der Waals surface area contributed by atoms with E-state index in [4.69, 9.17) is 11.6 Å². The zero-order valence-corrected chi connectivity index (χ0v) is 16.3. The highest BCUT2D eigenvalue weighted by molar-refractivity contribution is 6.32. The van der Waals surface area contributed by atoms with Crippen LogP contribution in [-0.2, 0) is 11.0 Å². The van der Waals surface area contributed by atoms with E-state index in [0.29, 0.717) is 0 Å². The van der Waals surface area contributed by atoms with Gasteiger partial charge in [0.25, 0.3) is 0 Å². The van der Waals surface area contributed by atoms with E-state index in [2.05, 4.69) is 30.7 Å². The second-order valence-electron chi connectivity index (χ2n) is 6.39. The van der Waals surface area contributed by atoms with E-state index in [9.17, 15) is 35.9 Å². The van der Waals surface area contributed by atoms with Crippen molar-refractivity contribution in [3.05, 3.63) is 52.6 Å². The third kappa shape index (κ3) is 5.69. The highest BCUT2D eigenvalue weighted by atomic mass is 35.5. The fourth-order valence-electron chi connectivity index (χ4n) is 2.76. The Hall–Kier alpha value is -3.29. The third-order valence-electron chi connectivity index (χ3n) is 4.12. The summed E-state index contributed by atoms with van der Waals surface area (Å²) >= 11 is 5.84. The fourth-order valence-corrected chi connectivity index (χ4v) is 2.99. The van der Waals surface area contributed by atoms with Crippen molar-refractivity contribution in [2.24, 2.45) is 0 Å². The van der Waals surface area contributed by atoms with Gasteiger partial charge in [-0.2, -0.15) is 13.2 Å². The molecule has 3 N–H and O–H groups in total. The zero-order valence-electron chi connectivity index (χ0n) is 15.5. The molecule has 0 radical (unpaired) electrons. The largest absolute Gasteiger partial charge is 0.573 e. The van der Waals surface area contributed by atoms with Crippen molar-refractivity contribution in [3.63, 3.8) is 0 Å². The number of carbonyl (C=O) groups is 2. The monoisotopic (exact) mass is 483 g/mol. The highest BCUT2D eigenvalue weighted by Gasteiger charge is 2.36. The van der Waals surface area contributed by atoms with Crippen LogP contribution >= 0.6 is 11.6 Å². The molecule has 1 aromatic carbocycles. The number of nitrogens with one attached hydrogen (secondary N) is 3. The lowest BCUT2D eigenvalue weighted by molar-refractivity contribution is -0.274. The van der Waals surface area contributed by atoms with Crippen molar-refractivity contribution in [3.8, 4) is 5.75 Å². The minimum absolute atomic E-state index is 0.00183. The average molecular weight is 484 g/mol. The molecule has 1 aliphatic rings. The predicted octanol–water partition coefficient (Wildman–Crippen LogP) is 2.93. The minimum Gasteiger partial charge on any atom is -0.404 e. The number of alkyl halides is 6. The SMILES string of the molecule is O=C1NC[C@@H](C(=O)N[C@@H](c2ccc(OC(F)(F)F)c(Cl)c2)c2ccnc(C(F)(F)F)n2)N1. The molecule has 0 saturated carbocycles. The molecule has 3 rings (SSSR count). The van der Waals surface area contributed by atoms with Gasteiger partial charge in [-0.25, -0.2) is 14.8 Å². The van der Waals surface area contributed by atoms with E-state index in [0.717, 1.165) is 30.5 Å². The Bertz CT molecular complexity index is 1030. The van der Waals surface area contributed by atoms with E-state index in [1.54, 1.807) is 0 Å². The van der Waals surface area contributed by atoms with Crippen LogP contribution in [0.1, 0.15) is 23.1 Å². The average Bonchev–Trinajstić information content (AvgIpc) is 3.12. The van der Waals surface area contributed by atoms with Crippen LogP contribution in [0.4, 0.5) is 31.1 Å². The van der Waals surface area contributed by atoms with Gasteiger partial charge in [-0.1, -0.05) is 17.7 Å². The van der Waals surface area contributed by atoms with Gasteiger partial charge in [0, 0.05) is 12.7 Å². The van der Waals surface area contributed by atoms with Crippen molar-refractivity contribution in [1.29, 1.82) is 0 Å². The molecule has 1 saturated heterocycles. The first-order valence-electron chi connectivity index (χ1n) is 8.63. The molecule has 8 nitrogen and oxygen atoms in total. The number of rotatable bonds is 5. The number of benzene rings is 1. The Balaban J connectivity index is 1.98. The Morgan fingerprint density at radius 3 is 2.50 bits per heavy atom. The van der Waals surface area contributed by atoms with Crippen molar-refractivity contribution in [2.75, 3.05) is 6.54 Å². The summed E-state index contributed by atoms with van der Waals surface area (Å²) in [5, 5.41) is 6.54. The van der Waals surface area contributed by atoms with Crippen LogP contribution in [0, 0.1) is 0 Å². The van der Waals surface area contributed by atoms with E-state index < -0.39 is 53.2 Å². The summed E-state index contributed by atoms with van der Waals surface area (Å²) in [7, 11) is 0. The molecule has 2 aromatic rings. The summed E-state index contributed by atoms with van der Waals surface area (Å²) in [6.45, 7) is -0.0892. The van der Waals surface area contributed by atoms with E-state index in [1.807, 2.05) is 0 Å². The van der Waals surface area contributed by atoms with Crippen LogP contribution in [0.15, 0.2) is 30.5 Å². The van der Waals surface area contributed by atoms with Crippen molar-refractivity contribution >= 4 is 23.5 Å². The van der Waals surface area contributed by atoms with Gasteiger partial charge < -0.3 is 20.7 Å². The van der Waals surface area contributed by atoms with Crippen LogP contribution in [-0.4, -0.2) is 40.9 Å². The maximum absolute atomic E-state index is 13.0. The van der Waals surface area contributed by atoms with Crippen LogP contribution < -0.4 is 20.7 Å². The first-order valence-corrected chi connectivity index (χ1v) is 9.01. The molecular formula is C17H12ClF6N5O3. The Labute approximate surface area is 180 Å². The van der Waals surface area contributed by atoms with Crippen molar-refractivity contribution < 1.29 is 40.7 Å². The van der Waals surface area contributed by atoms with E-state index >= 15 is 0 Å². The fraction of sp³-hybridized carbons (Fsp3) is 0.294. The molecule has 1 aromatic heterocycles. The smallest absolute Gasteiger partial charge is 0.404 e. The number of halogens is 7. The highest BCUT2D eigenvalue weighted by Crippen LogP contribution is 2.34. The molecule has 3 amide bonds. The molecule has 172 valence electrons. The van der Waals surface area contributed by atoms with Crippen molar-refractivity contribution in [2.45, 2.75) is 24.6 Å². The van der Waals surface area contributed by atoms with E-state index in [1.165, 1.54) is 0 Å². The molecule has 0 unspecified atom stereocenters. The van der Waals surface area contributed by atoms with Gasteiger partial charge in [0.1, 0.15) is 11.8 Å². The van der Waals surface area contributed by atoms with Gasteiger partial charge in [0.2, 0.25) is 11.7 Å². The second kappa shape index (κ2) is 8.68. The van der Waals surface area contributed by atoms with Gasteiger partial charge in [0.15, 0.2) is 0 Å². The third-order valence-corrected chi connectivity index (χ3v) is 4.41. The quantitative estimate of drug-likeness (QED) is 0.567. The zero-order chi connectivity index (χ0) is 23.7. The number of hydrogen-bond acceptors (Lipinski definition) is 5. The second-order valence-corrected chi connectivity index (χ2v) is 6.80.